The Morgan fingerprint density at radius 1 is 0.966 bits per heavy atom. The van der Waals surface area contributed by atoms with E-state index in [0.717, 1.165) is 12.8 Å². The van der Waals surface area contributed by atoms with Crippen LogP contribution in [-0.4, -0.2) is 50.4 Å². The topological polar surface area (TPSA) is 121 Å². The Balaban J connectivity index is 4.09. The van der Waals surface area contributed by atoms with Crippen LogP contribution >= 0.6 is 11.8 Å². The Labute approximate surface area is 180 Å². The number of aliphatic hydroxyl groups is 1. The molecule has 0 aliphatic heterocycles. The summed E-state index contributed by atoms with van der Waals surface area (Å²) in [5.74, 6) is -1.86. The molecule has 0 bridgehead atoms. The van der Waals surface area contributed by atoms with Gasteiger partial charge < -0.3 is 21.1 Å². The van der Waals surface area contributed by atoms with Crippen molar-refractivity contribution in [2.45, 2.75) is 108 Å². The standard InChI is InChI=1S/C22H41NO5S/c1-2-3-4-5-6-7-8-9-10-11-12-13-14-20(19(24)15-16-21(25)26)29-17-18(23)22(27)28/h13-14,18-20,24H,2-12,15-17,23H2,1H3,(H,25,26)(H,27,28)/b14-13-/t18-,19-,20+/m0/s1. The Morgan fingerprint density at radius 2 is 1.52 bits per heavy atom. The van der Waals surface area contributed by atoms with Crippen LogP contribution in [0.15, 0.2) is 12.2 Å². The quantitative estimate of drug-likeness (QED) is 0.164. The number of aliphatic carboxylic acids is 2. The molecular weight excluding hydrogens is 390 g/mol. The monoisotopic (exact) mass is 431 g/mol. The summed E-state index contributed by atoms with van der Waals surface area (Å²) in [6.45, 7) is 2.23. The number of carbonyl (C=O) groups is 2. The van der Waals surface area contributed by atoms with Crippen LogP contribution in [0.2, 0.25) is 0 Å². The summed E-state index contributed by atoms with van der Waals surface area (Å²) in [6.07, 6.45) is 16.8. The first kappa shape index (κ1) is 27.9. The molecule has 5 N–H and O–H groups in total. The first-order chi connectivity index (χ1) is 13.9. The molecule has 0 aliphatic carbocycles. The zero-order chi connectivity index (χ0) is 21.9. The summed E-state index contributed by atoms with van der Waals surface area (Å²) in [6, 6.07) is -0.996. The fourth-order valence-corrected chi connectivity index (χ4v) is 4.15. The maximum atomic E-state index is 10.9. The smallest absolute Gasteiger partial charge is 0.321 e. The maximum absolute atomic E-state index is 10.9. The molecule has 0 fully saturated rings. The van der Waals surface area contributed by atoms with Gasteiger partial charge in [0.1, 0.15) is 6.04 Å². The summed E-state index contributed by atoms with van der Waals surface area (Å²) in [4.78, 5) is 21.6. The van der Waals surface area contributed by atoms with Crippen molar-refractivity contribution in [2.24, 2.45) is 5.73 Å². The third kappa shape index (κ3) is 17.5. The molecule has 0 unspecified atom stereocenters. The minimum Gasteiger partial charge on any atom is -0.481 e. The normalized spacial score (nSPS) is 14.7. The fraction of sp³-hybridized carbons (Fsp3) is 0.818. The lowest BCUT2D eigenvalue weighted by atomic mass is 10.1. The van der Waals surface area contributed by atoms with Crippen molar-refractivity contribution in [3.63, 3.8) is 0 Å². The zero-order valence-electron chi connectivity index (χ0n) is 17.9. The highest BCUT2D eigenvalue weighted by atomic mass is 32.2. The summed E-state index contributed by atoms with van der Waals surface area (Å²) >= 11 is 1.27. The number of nitrogens with two attached hydrogens (primary N) is 1. The van der Waals surface area contributed by atoms with Gasteiger partial charge in [-0.05, 0) is 19.3 Å². The number of unbranched alkanes of at least 4 members (excludes halogenated alkanes) is 10. The first-order valence-corrected chi connectivity index (χ1v) is 12.1. The van der Waals surface area contributed by atoms with Crippen molar-refractivity contribution in [1.29, 1.82) is 0 Å². The van der Waals surface area contributed by atoms with Crippen molar-refractivity contribution in [1.82, 2.24) is 0 Å². The molecule has 0 saturated carbocycles. The molecule has 7 heteroatoms. The second-order valence-corrected chi connectivity index (χ2v) is 8.85. The van der Waals surface area contributed by atoms with Gasteiger partial charge in [0.15, 0.2) is 0 Å². The molecule has 0 aromatic carbocycles. The van der Waals surface area contributed by atoms with Crippen molar-refractivity contribution < 1.29 is 24.9 Å². The van der Waals surface area contributed by atoms with Crippen LogP contribution < -0.4 is 5.73 Å². The van der Waals surface area contributed by atoms with Gasteiger partial charge in [-0.2, -0.15) is 0 Å². The lowest BCUT2D eigenvalue weighted by Gasteiger charge is -2.20. The largest absolute Gasteiger partial charge is 0.481 e. The van der Waals surface area contributed by atoms with Crippen LogP contribution in [0.4, 0.5) is 0 Å². The van der Waals surface area contributed by atoms with E-state index in [1.54, 1.807) is 0 Å². The predicted molar refractivity (Wildman–Crippen MR) is 120 cm³/mol. The first-order valence-electron chi connectivity index (χ1n) is 11.0. The van der Waals surface area contributed by atoms with Crippen LogP contribution in [0.1, 0.15) is 90.4 Å². The van der Waals surface area contributed by atoms with E-state index in [9.17, 15) is 14.7 Å². The third-order valence-corrected chi connectivity index (χ3v) is 6.28. The van der Waals surface area contributed by atoms with E-state index in [1.165, 1.54) is 69.5 Å². The molecule has 0 amide bonds. The van der Waals surface area contributed by atoms with E-state index in [0.29, 0.717) is 0 Å². The number of carboxylic acid groups (broad SMARTS) is 2. The molecule has 29 heavy (non-hydrogen) atoms. The van der Waals surface area contributed by atoms with Gasteiger partial charge in [0, 0.05) is 17.4 Å². The molecule has 0 saturated heterocycles. The minimum atomic E-state index is -1.08. The average Bonchev–Trinajstić information content (AvgIpc) is 2.68. The van der Waals surface area contributed by atoms with Crippen molar-refractivity contribution in [2.75, 3.05) is 5.75 Å². The van der Waals surface area contributed by atoms with Crippen molar-refractivity contribution >= 4 is 23.7 Å². The molecule has 0 aromatic heterocycles. The number of hydrogen-bond acceptors (Lipinski definition) is 5. The van der Waals surface area contributed by atoms with Crippen LogP contribution in [-0.2, 0) is 9.59 Å². The Morgan fingerprint density at radius 3 is 2.03 bits per heavy atom. The molecule has 0 aromatic rings. The molecule has 0 rings (SSSR count). The number of hydrogen-bond donors (Lipinski definition) is 4. The second kappa shape index (κ2) is 18.9. The number of carboxylic acids is 2. The Hall–Kier alpha value is -1.05. The van der Waals surface area contributed by atoms with E-state index in [-0.39, 0.29) is 23.8 Å². The summed E-state index contributed by atoms with van der Waals surface area (Å²) in [5.41, 5.74) is 5.54. The van der Waals surface area contributed by atoms with Gasteiger partial charge in [-0.3, -0.25) is 9.59 Å². The van der Waals surface area contributed by atoms with E-state index in [2.05, 4.69) is 6.92 Å². The van der Waals surface area contributed by atoms with Gasteiger partial charge in [0.25, 0.3) is 0 Å². The van der Waals surface area contributed by atoms with Gasteiger partial charge in [-0.15, -0.1) is 11.8 Å². The molecule has 0 aliphatic rings. The van der Waals surface area contributed by atoms with E-state index >= 15 is 0 Å². The molecule has 0 heterocycles. The fourth-order valence-electron chi connectivity index (χ4n) is 3.00. The number of rotatable bonds is 20. The van der Waals surface area contributed by atoms with Gasteiger partial charge in [0.2, 0.25) is 0 Å². The predicted octanol–water partition coefficient (Wildman–Crippen LogP) is 4.59. The highest BCUT2D eigenvalue weighted by Gasteiger charge is 2.21. The van der Waals surface area contributed by atoms with E-state index in [4.69, 9.17) is 15.9 Å². The highest BCUT2D eigenvalue weighted by molar-refractivity contribution is 8.00. The van der Waals surface area contributed by atoms with Crippen LogP contribution in [0.5, 0.6) is 0 Å². The molecule has 0 radical (unpaired) electrons. The molecule has 0 spiro atoms. The Kier molecular flexibility index (Phi) is 18.3. The number of allylic oxidation sites excluding steroid dienone is 1. The van der Waals surface area contributed by atoms with Gasteiger partial charge >= 0.3 is 11.9 Å². The average molecular weight is 432 g/mol. The number of aliphatic hydroxyl groups excluding tert-OH is 1. The minimum absolute atomic E-state index is 0.116. The van der Waals surface area contributed by atoms with Crippen LogP contribution in [0, 0.1) is 0 Å². The lowest BCUT2D eigenvalue weighted by Crippen LogP contribution is -2.34. The molecule has 3 atom stereocenters. The van der Waals surface area contributed by atoms with Crippen molar-refractivity contribution in [3.05, 3.63) is 12.2 Å². The van der Waals surface area contributed by atoms with Gasteiger partial charge in [-0.25, -0.2) is 0 Å². The summed E-state index contributed by atoms with van der Waals surface area (Å²) in [7, 11) is 0. The summed E-state index contributed by atoms with van der Waals surface area (Å²) in [5, 5.41) is 27.6. The third-order valence-electron chi connectivity index (χ3n) is 4.87. The van der Waals surface area contributed by atoms with Crippen LogP contribution in [0.3, 0.4) is 0 Å². The van der Waals surface area contributed by atoms with Crippen LogP contribution in [0.25, 0.3) is 0 Å². The van der Waals surface area contributed by atoms with E-state index < -0.39 is 24.1 Å². The lowest BCUT2D eigenvalue weighted by molar-refractivity contribution is -0.138. The molecule has 170 valence electrons. The second-order valence-electron chi connectivity index (χ2n) is 7.64. The Bertz CT molecular complexity index is 458. The SMILES string of the molecule is CCCCCCCCCCCC/C=C\[C@@H](SC[C@H](N)C(=O)O)[C@@H](O)CCC(=O)O. The number of thioether (sulfide) groups is 1. The van der Waals surface area contributed by atoms with E-state index in [1.807, 2.05) is 12.2 Å². The van der Waals surface area contributed by atoms with Gasteiger partial charge in [0.05, 0.1) is 6.10 Å². The van der Waals surface area contributed by atoms with Gasteiger partial charge in [-0.1, -0.05) is 76.9 Å². The van der Waals surface area contributed by atoms with Crippen molar-refractivity contribution in [3.8, 4) is 0 Å². The zero-order valence-corrected chi connectivity index (χ0v) is 18.7. The summed E-state index contributed by atoms with van der Waals surface area (Å²) < 4.78 is 0. The maximum Gasteiger partial charge on any atom is 0.321 e. The molecular formula is C22H41NO5S. The highest BCUT2D eigenvalue weighted by Crippen LogP contribution is 2.21. The molecule has 6 nitrogen and oxygen atoms in total.